The average Bonchev–Trinajstić information content (AvgIpc) is 2.64. The molecule has 0 aliphatic carbocycles. The van der Waals surface area contributed by atoms with E-state index in [9.17, 15) is 0 Å². The molecular formula is C12H17N3S. The van der Waals surface area contributed by atoms with E-state index in [0.717, 1.165) is 33.2 Å². The number of H-pyrrole nitrogens is 1. The molecule has 3 N–H and O–H groups in total. The molecule has 0 unspecified atom stereocenters. The Morgan fingerprint density at radius 3 is 3.00 bits per heavy atom. The van der Waals surface area contributed by atoms with Crippen molar-refractivity contribution >= 4 is 28.4 Å². The summed E-state index contributed by atoms with van der Waals surface area (Å²) in [5.74, 6) is 1.85. The van der Waals surface area contributed by atoms with Crippen LogP contribution >= 0.6 is 11.8 Å². The van der Waals surface area contributed by atoms with E-state index in [1.807, 2.05) is 17.8 Å². The molecular weight excluding hydrogens is 218 g/mol. The minimum Gasteiger partial charge on any atom is -0.398 e. The van der Waals surface area contributed by atoms with Crippen LogP contribution in [0.2, 0.25) is 0 Å². The first-order valence-electron chi connectivity index (χ1n) is 5.52. The molecule has 0 bridgehead atoms. The lowest BCUT2D eigenvalue weighted by atomic mass is 10.2. The predicted octanol–water partition coefficient (Wildman–Crippen LogP) is 3.28. The van der Waals surface area contributed by atoms with Gasteiger partial charge in [0.15, 0.2) is 0 Å². The van der Waals surface area contributed by atoms with Crippen LogP contribution in [-0.2, 0) is 0 Å². The van der Waals surface area contributed by atoms with Crippen molar-refractivity contribution in [3.05, 3.63) is 18.3 Å². The average molecular weight is 235 g/mol. The number of nitrogen functional groups attached to an aromatic ring is 1. The van der Waals surface area contributed by atoms with E-state index in [1.165, 1.54) is 6.42 Å². The number of nitrogens with zero attached hydrogens (tertiary/aromatic N) is 1. The second-order valence-corrected chi connectivity index (χ2v) is 5.52. The summed E-state index contributed by atoms with van der Waals surface area (Å²) < 4.78 is 0. The molecule has 3 nitrogen and oxygen atoms in total. The standard InChI is InChI=1S/C12H17N3S/c1-8(2)3-4-16-12-6-11-9(5-10(12)13)7-14-15-11/h5-8H,3-4,13H2,1-2H3,(H,14,15). The highest BCUT2D eigenvalue weighted by Crippen LogP contribution is 2.29. The van der Waals surface area contributed by atoms with Crippen LogP contribution in [-0.4, -0.2) is 16.0 Å². The first-order valence-corrected chi connectivity index (χ1v) is 6.51. The van der Waals surface area contributed by atoms with Gasteiger partial charge in [-0.3, -0.25) is 5.10 Å². The summed E-state index contributed by atoms with van der Waals surface area (Å²) in [5.41, 5.74) is 7.91. The summed E-state index contributed by atoms with van der Waals surface area (Å²) in [5, 5.41) is 8.04. The number of anilines is 1. The number of hydrogen-bond donors (Lipinski definition) is 2. The summed E-state index contributed by atoms with van der Waals surface area (Å²) >= 11 is 1.82. The van der Waals surface area contributed by atoms with Crippen molar-refractivity contribution in [1.82, 2.24) is 10.2 Å². The number of fused-ring (bicyclic) bond motifs is 1. The van der Waals surface area contributed by atoms with Crippen molar-refractivity contribution in [3.8, 4) is 0 Å². The maximum Gasteiger partial charge on any atom is 0.0662 e. The highest BCUT2D eigenvalue weighted by Gasteiger charge is 2.04. The summed E-state index contributed by atoms with van der Waals surface area (Å²) in [6, 6.07) is 4.07. The second kappa shape index (κ2) is 4.78. The van der Waals surface area contributed by atoms with Crippen LogP contribution in [0.25, 0.3) is 10.9 Å². The van der Waals surface area contributed by atoms with E-state index in [-0.39, 0.29) is 0 Å². The maximum absolute atomic E-state index is 6.00. The zero-order valence-corrected chi connectivity index (χ0v) is 10.5. The Bertz CT molecular complexity index is 476. The fourth-order valence-corrected chi connectivity index (χ4v) is 2.75. The molecule has 0 fully saturated rings. The Kier molecular flexibility index (Phi) is 3.39. The van der Waals surface area contributed by atoms with Crippen LogP contribution in [0.1, 0.15) is 20.3 Å². The molecule has 86 valence electrons. The van der Waals surface area contributed by atoms with Gasteiger partial charge in [0.2, 0.25) is 0 Å². The molecule has 4 heteroatoms. The lowest BCUT2D eigenvalue weighted by Gasteiger charge is -2.07. The van der Waals surface area contributed by atoms with Gasteiger partial charge in [-0.1, -0.05) is 13.8 Å². The highest BCUT2D eigenvalue weighted by molar-refractivity contribution is 7.99. The number of thioether (sulfide) groups is 1. The molecule has 1 aromatic carbocycles. The third-order valence-corrected chi connectivity index (χ3v) is 3.63. The van der Waals surface area contributed by atoms with Crippen LogP contribution in [0.15, 0.2) is 23.2 Å². The van der Waals surface area contributed by atoms with Gasteiger partial charge in [0.1, 0.15) is 0 Å². The van der Waals surface area contributed by atoms with Gasteiger partial charge in [-0.15, -0.1) is 11.8 Å². The van der Waals surface area contributed by atoms with Crippen molar-refractivity contribution < 1.29 is 0 Å². The van der Waals surface area contributed by atoms with Gasteiger partial charge in [0.05, 0.1) is 11.7 Å². The first-order chi connectivity index (χ1) is 7.66. The molecule has 0 atom stereocenters. The number of hydrogen-bond acceptors (Lipinski definition) is 3. The van der Waals surface area contributed by atoms with Crippen LogP contribution in [0, 0.1) is 5.92 Å². The van der Waals surface area contributed by atoms with Crippen molar-refractivity contribution in [2.45, 2.75) is 25.2 Å². The predicted molar refractivity (Wildman–Crippen MR) is 70.7 cm³/mol. The van der Waals surface area contributed by atoms with Gasteiger partial charge in [-0.25, -0.2) is 0 Å². The van der Waals surface area contributed by atoms with Crippen molar-refractivity contribution in [2.75, 3.05) is 11.5 Å². The Morgan fingerprint density at radius 1 is 1.44 bits per heavy atom. The topological polar surface area (TPSA) is 54.7 Å². The van der Waals surface area contributed by atoms with Gasteiger partial charge in [-0.05, 0) is 30.2 Å². The van der Waals surface area contributed by atoms with Gasteiger partial charge in [0, 0.05) is 16.0 Å². The SMILES string of the molecule is CC(C)CCSc1cc2[nH]ncc2cc1N. The van der Waals surface area contributed by atoms with Crippen LogP contribution < -0.4 is 5.73 Å². The Morgan fingerprint density at radius 2 is 2.25 bits per heavy atom. The Labute approximate surface area is 99.8 Å². The summed E-state index contributed by atoms with van der Waals surface area (Å²) in [7, 11) is 0. The molecule has 1 heterocycles. The van der Waals surface area contributed by atoms with Crippen LogP contribution in [0.5, 0.6) is 0 Å². The van der Waals surface area contributed by atoms with E-state index in [0.29, 0.717) is 0 Å². The van der Waals surface area contributed by atoms with Crippen molar-refractivity contribution in [3.63, 3.8) is 0 Å². The largest absolute Gasteiger partial charge is 0.398 e. The smallest absolute Gasteiger partial charge is 0.0662 e. The highest BCUT2D eigenvalue weighted by atomic mass is 32.2. The summed E-state index contributed by atoms with van der Waals surface area (Å²) in [6.45, 7) is 4.48. The number of rotatable bonds is 4. The number of nitrogens with one attached hydrogen (secondary N) is 1. The van der Waals surface area contributed by atoms with E-state index in [2.05, 4.69) is 30.1 Å². The monoisotopic (exact) mass is 235 g/mol. The minimum absolute atomic E-state index is 0.740. The third kappa shape index (κ3) is 2.50. The normalized spacial score (nSPS) is 11.4. The molecule has 16 heavy (non-hydrogen) atoms. The first kappa shape index (κ1) is 11.3. The summed E-state index contributed by atoms with van der Waals surface area (Å²) in [6.07, 6.45) is 3.01. The van der Waals surface area contributed by atoms with Gasteiger partial charge in [0.25, 0.3) is 0 Å². The second-order valence-electron chi connectivity index (χ2n) is 4.38. The number of aromatic amines is 1. The Balaban J connectivity index is 2.13. The van der Waals surface area contributed by atoms with Crippen LogP contribution in [0.4, 0.5) is 5.69 Å². The molecule has 0 spiro atoms. The van der Waals surface area contributed by atoms with E-state index < -0.39 is 0 Å². The fourth-order valence-electron chi connectivity index (χ4n) is 1.52. The Hall–Kier alpha value is -1.16. The lowest BCUT2D eigenvalue weighted by Crippen LogP contribution is -1.92. The maximum atomic E-state index is 6.00. The zero-order chi connectivity index (χ0) is 11.5. The quantitative estimate of drug-likeness (QED) is 0.631. The molecule has 1 aromatic heterocycles. The van der Waals surface area contributed by atoms with Gasteiger partial charge >= 0.3 is 0 Å². The molecule has 2 aromatic rings. The lowest BCUT2D eigenvalue weighted by molar-refractivity contribution is 0.632. The van der Waals surface area contributed by atoms with Crippen molar-refractivity contribution in [1.29, 1.82) is 0 Å². The number of benzene rings is 1. The molecule has 0 aliphatic rings. The molecule has 0 saturated carbocycles. The van der Waals surface area contributed by atoms with Crippen molar-refractivity contribution in [2.24, 2.45) is 5.92 Å². The zero-order valence-electron chi connectivity index (χ0n) is 9.66. The number of aromatic nitrogens is 2. The van der Waals surface area contributed by atoms with E-state index in [4.69, 9.17) is 5.73 Å². The molecule has 0 saturated heterocycles. The molecule has 0 aliphatic heterocycles. The molecule has 0 amide bonds. The molecule has 0 radical (unpaired) electrons. The number of nitrogens with two attached hydrogens (primary N) is 1. The van der Waals surface area contributed by atoms with E-state index in [1.54, 1.807) is 6.20 Å². The summed E-state index contributed by atoms with van der Waals surface area (Å²) in [4.78, 5) is 1.15. The van der Waals surface area contributed by atoms with Gasteiger partial charge < -0.3 is 5.73 Å². The van der Waals surface area contributed by atoms with Gasteiger partial charge in [-0.2, -0.15) is 5.10 Å². The van der Waals surface area contributed by atoms with E-state index >= 15 is 0 Å². The molecule has 2 rings (SSSR count). The minimum atomic E-state index is 0.740. The van der Waals surface area contributed by atoms with Crippen LogP contribution in [0.3, 0.4) is 0 Å². The third-order valence-electron chi connectivity index (χ3n) is 2.52. The fraction of sp³-hybridized carbons (Fsp3) is 0.417.